The summed E-state index contributed by atoms with van der Waals surface area (Å²) in [5.41, 5.74) is 1.14. The van der Waals surface area contributed by atoms with E-state index in [1.165, 1.54) is 0 Å². The van der Waals surface area contributed by atoms with Crippen LogP contribution in [0.2, 0.25) is 0 Å². The van der Waals surface area contributed by atoms with Crippen molar-refractivity contribution >= 4 is 5.91 Å². The normalized spacial score (nSPS) is 24.3. The molecule has 0 aliphatic carbocycles. The molecular weight excluding hydrogens is 188 g/mol. The lowest BCUT2D eigenvalue weighted by atomic mass is 9.98. The first kappa shape index (κ1) is 10.2. The molecule has 1 aliphatic rings. The maximum absolute atomic E-state index is 11.6. The van der Waals surface area contributed by atoms with Crippen LogP contribution in [0.5, 0.6) is 0 Å². The van der Waals surface area contributed by atoms with E-state index in [4.69, 9.17) is 0 Å². The molecule has 0 bridgehead atoms. The molecule has 0 saturated carbocycles. The minimum Gasteiger partial charge on any atom is -0.351 e. The fraction of sp³-hybridized carbons (Fsp3) is 0.417. The summed E-state index contributed by atoms with van der Waals surface area (Å²) in [5, 5.41) is 6.09. The standard InChI is InChI=1S/C12H16N2O/c1-9-7-11(14-9)12(15)13-8-10-5-3-2-4-6-10/h2-6,9,11,14H,7-8H2,1H3,(H,13,15). The van der Waals surface area contributed by atoms with Gasteiger partial charge in [-0.1, -0.05) is 30.3 Å². The number of carbonyl (C=O) groups excluding carboxylic acids is 1. The van der Waals surface area contributed by atoms with Gasteiger partial charge in [0, 0.05) is 12.6 Å². The Hall–Kier alpha value is -1.35. The highest BCUT2D eigenvalue weighted by Crippen LogP contribution is 2.10. The molecule has 3 nitrogen and oxygen atoms in total. The average Bonchev–Trinajstić information content (AvgIpc) is 2.23. The zero-order chi connectivity index (χ0) is 10.7. The van der Waals surface area contributed by atoms with Crippen LogP contribution >= 0.6 is 0 Å². The van der Waals surface area contributed by atoms with Crippen molar-refractivity contribution in [3.8, 4) is 0 Å². The number of hydrogen-bond acceptors (Lipinski definition) is 2. The van der Waals surface area contributed by atoms with Gasteiger partial charge in [0.05, 0.1) is 6.04 Å². The fourth-order valence-electron chi connectivity index (χ4n) is 1.76. The van der Waals surface area contributed by atoms with Crippen molar-refractivity contribution in [3.05, 3.63) is 35.9 Å². The molecule has 1 aromatic rings. The third-order valence-corrected chi connectivity index (χ3v) is 2.70. The van der Waals surface area contributed by atoms with Crippen LogP contribution in [-0.2, 0) is 11.3 Å². The largest absolute Gasteiger partial charge is 0.351 e. The van der Waals surface area contributed by atoms with Gasteiger partial charge < -0.3 is 10.6 Å². The Morgan fingerprint density at radius 2 is 2.13 bits per heavy atom. The molecule has 1 heterocycles. The molecule has 3 heteroatoms. The molecule has 1 amide bonds. The van der Waals surface area contributed by atoms with E-state index in [2.05, 4.69) is 17.6 Å². The Morgan fingerprint density at radius 1 is 1.47 bits per heavy atom. The molecule has 2 rings (SSSR count). The number of rotatable bonds is 3. The minimum atomic E-state index is 0.0173. The van der Waals surface area contributed by atoms with E-state index in [-0.39, 0.29) is 11.9 Å². The zero-order valence-corrected chi connectivity index (χ0v) is 8.86. The summed E-state index contributed by atoms with van der Waals surface area (Å²) in [6.07, 6.45) is 0.945. The summed E-state index contributed by atoms with van der Waals surface area (Å²) in [6.45, 7) is 2.70. The van der Waals surface area contributed by atoms with E-state index in [1.54, 1.807) is 0 Å². The third-order valence-electron chi connectivity index (χ3n) is 2.70. The first-order chi connectivity index (χ1) is 7.25. The minimum absolute atomic E-state index is 0.0173. The average molecular weight is 204 g/mol. The van der Waals surface area contributed by atoms with E-state index >= 15 is 0 Å². The van der Waals surface area contributed by atoms with Crippen LogP contribution in [0.25, 0.3) is 0 Å². The fourth-order valence-corrected chi connectivity index (χ4v) is 1.76. The van der Waals surface area contributed by atoms with Crippen molar-refractivity contribution in [2.24, 2.45) is 0 Å². The van der Waals surface area contributed by atoms with Crippen LogP contribution < -0.4 is 10.6 Å². The molecule has 80 valence electrons. The van der Waals surface area contributed by atoms with Gasteiger partial charge in [-0.2, -0.15) is 0 Å². The van der Waals surface area contributed by atoms with E-state index in [9.17, 15) is 4.79 Å². The summed E-state index contributed by atoms with van der Waals surface area (Å²) in [7, 11) is 0. The van der Waals surface area contributed by atoms with Crippen LogP contribution in [0.15, 0.2) is 30.3 Å². The predicted molar refractivity (Wildman–Crippen MR) is 59.3 cm³/mol. The smallest absolute Gasteiger partial charge is 0.237 e. The summed E-state index contributed by atoms with van der Waals surface area (Å²) in [6, 6.07) is 10.5. The van der Waals surface area contributed by atoms with Gasteiger partial charge in [0.1, 0.15) is 0 Å². The van der Waals surface area contributed by atoms with Crippen molar-refractivity contribution in [1.29, 1.82) is 0 Å². The Bertz CT molecular complexity index is 331. The van der Waals surface area contributed by atoms with Crippen LogP contribution in [-0.4, -0.2) is 18.0 Å². The maximum atomic E-state index is 11.6. The van der Waals surface area contributed by atoms with Crippen LogP contribution in [0, 0.1) is 0 Å². The van der Waals surface area contributed by atoms with Gasteiger partial charge >= 0.3 is 0 Å². The molecular formula is C12H16N2O. The van der Waals surface area contributed by atoms with E-state index in [0.717, 1.165) is 12.0 Å². The van der Waals surface area contributed by atoms with Gasteiger partial charge in [0.2, 0.25) is 5.91 Å². The van der Waals surface area contributed by atoms with Crippen molar-refractivity contribution in [1.82, 2.24) is 10.6 Å². The topological polar surface area (TPSA) is 41.1 Å². The zero-order valence-electron chi connectivity index (χ0n) is 8.86. The third kappa shape index (κ3) is 2.57. The highest BCUT2D eigenvalue weighted by molar-refractivity contribution is 5.82. The van der Waals surface area contributed by atoms with Crippen molar-refractivity contribution in [2.75, 3.05) is 0 Å². The lowest BCUT2D eigenvalue weighted by molar-refractivity contribution is -0.125. The maximum Gasteiger partial charge on any atom is 0.237 e. The van der Waals surface area contributed by atoms with E-state index < -0.39 is 0 Å². The number of nitrogens with one attached hydrogen (secondary N) is 2. The molecule has 2 unspecified atom stereocenters. The molecule has 0 spiro atoms. The first-order valence-electron chi connectivity index (χ1n) is 5.33. The second-order valence-electron chi connectivity index (χ2n) is 4.06. The summed E-state index contributed by atoms with van der Waals surface area (Å²) in [5.74, 6) is 0.108. The molecule has 1 saturated heterocycles. The number of carbonyl (C=O) groups is 1. The molecule has 1 aromatic carbocycles. The second kappa shape index (κ2) is 4.45. The lowest BCUT2D eigenvalue weighted by Crippen LogP contribution is -2.58. The summed E-state index contributed by atoms with van der Waals surface area (Å²) < 4.78 is 0. The Balaban J connectivity index is 1.76. The monoisotopic (exact) mass is 204 g/mol. The van der Waals surface area contributed by atoms with Crippen LogP contribution in [0.3, 0.4) is 0 Å². The number of hydrogen-bond donors (Lipinski definition) is 2. The van der Waals surface area contributed by atoms with Crippen molar-refractivity contribution in [2.45, 2.75) is 32.0 Å². The van der Waals surface area contributed by atoms with Gasteiger partial charge in [0.15, 0.2) is 0 Å². The Morgan fingerprint density at radius 3 is 2.73 bits per heavy atom. The van der Waals surface area contributed by atoms with Gasteiger partial charge in [-0.15, -0.1) is 0 Å². The van der Waals surface area contributed by atoms with Gasteiger partial charge in [-0.05, 0) is 18.9 Å². The van der Waals surface area contributed by atoms with Gasteiger partial charge in [-0.3, -0.25) is 4.79 Å². The Kier molecular flexibility index (Phi) is 3.02. The molecule has 15 heavy (non-hydrogen) atoms. The molecule has 2 N–H and O–H groups in total. The quantitative estimate of drug-likeness (QED) is 0.772. The predicted octanol–water partition coefficient (Wildman–Crippen LogP) is 1.05. The molecule has 0 aromatic heterocycles. The van der Waals surface area contributed by atoms with Crippen molar-refractivity contribution in [3.63, 3.8) is 0 Å². The van der Waals surface area contributed by atoms with E-state index in [1.807, 2.05) is 30.3 Å². The number of amides is 1. The molecule has 1 aliphatic heterocycles. The highest BCUT2D eigenvalue weighted by atomic mass is 16.2. The Labute approximate surface area is 89.9 Å². The number of benzene rings is 1. The summed E-state index contributed by atoms with van der Waals surface area (Å²) in [4.78, 5) is 11.6. The van der Waals surface area contributed by atoms with Gasteiger partial charge in [0.25, 0.3) is 0 Å². The van der Waals surface area contributed by atoms with E-state index in [0.29, 0.717) is 12.6 Å². The SMILES string of the molecule is CC1CC(C(=O)NCc2ccccc2)N1. The van der Waals surface area contributed by atoms with Crippen molar-refractivity contribution < 1.29 is 4.79 Å². The molecule has 1 fully saturated rings. The lowest BCUT2D eigenvalue weighted by Gasteiger charge is -2.33. The molecule has 0 radical (unpaired) electrons. The summed E-state index contributed by atoms with van der Waals surface area (Å²) >= 11 is 0. The van der Waals surface area contributed by atoms with Crippen LogP contribution in [0.4, 0.5) is 0 Å². The first-order valence-corrected chi connectivity index (χ1v) is 5.33. The second-order valence-corrected chi connectivity index (χ2v) is 4.06. The molecule has 2 atom stereocenters. The van der Waals surface area contributed by atoms with Crippen LogP contribution in [0.1, 0.15) is 18.9 Å². The highest BCUT2D eigenvalue weighted by Gasteiger charge is 2.29. The van der Waals surface area contributed by atoms with Gasteiger partial charge in [-0.25, -0.2) is 0 Å².